The van der Waals surface area contributed by atoms with Crippen LogP contribution in [0.4, 0.5) is 9.39 Å². The highest BCUT2D eigenvalue weighted by atomic mass is 127. The van der Waals surface area contributed by atoms with Crippen molar-refractivity contribution in [1.82, 2.24) is 0 Å². The lowest BCUT2D eigenvalue weighted by Gasteiger charge is -1.92. The van der Waals surface area contributed by atoms with Crippen LogP contribution in [0.5, 0.6) is 0 Å². The van der Waals surface area contributed by atoms with Crippen molar-refractivity contribution in [2.45, 2.75) is 0 Å². The Labute approximate surface area is 86.5 Å². The summed E-state index contributed by atoms with van der Waals surface area (Å²) in [4.78, 5) is 0. The Morgan fingerprint density at radius 1 is 1.33 bits per heavy atom. The number of hydrogen-bond donors (Lipinski definition) is 1. The van der Waals surface area contributed by atoms with E-state index in [1.165, 1.54) is 17.4 Å². The molecule has 2 rings (SSSR count). The van der Waals surface area contributed by atoms with E-state index in [2.05, 4.69) is 0 Å². The molecule has 0 radical (unpaired) electrons. The summed E-state index contributed by atoms with van der Waals surface area (Å²) in [5, 5.41) is 1.75. The number of anilines is 1. The van der Waals surface area contributed by atoms with Gasteiger partial charge >= 0.3 is 0 Å². The predicted molar refractivity (Wildman–Crippen MR) is 58.9 cm³/mol. The highest BCUT2D eigenvalue weighted by Gasteiger charge is 2.04. The van der Waals surface area contributed by atoms with Crippen LogP contribution in [0.1, 0.15) is 0 Å². The van der Waals surface area contributed by atoms with Crippen LogP contribution in [0.15, 0.2) is 18.2 Å². The molecule has 1 aromatic heterocycles. The van der Waals surface area contributed by atoms with Gasteiger partial charge in [0.05, 0.1) is 5.00 Å². The van der Waals surface area contributed by atoms with Gasteiger partial charge in [0.1, 0.15) is 5.82 Å². The molecule has 0 aliphatic heterocycles. The number of thiophene rings is 1. The third-order valence-electron chi connectivity index (χ3n) is 1.58. The fraction of sp³-hybridized carbons (Fsp3) is 0. The lowest BCUT2D eigenvalue weighted by atomic mass is 10.2. The highest BCUT2D eigenvalue weighted by Crippen LogP contribution is 2.29. The number of hydrogen-bond acceptors (Lipinski definition) is 2. The molecule has 0 fully saturated rings. The van der Waals surface area contributed by atoms with Crippen molar-refractivity contribution in [2.75, 3.05) is 5.73 Å². The first-order chi connectivity index (χ1) is 5.66. The van der Waals surface area contributed by atoms with Crippen LogP contribution in [-0.2, 0) is 0 Å². The molecule has 1 nitrogen and oxygen atoms in total. The van der Waals surface area contributed by atoms with Crippen molar-refractivity contribution in [3.05, 3.63) is 27.6 Å². The summed E-state index contributed by atoms with van der Waals surface area (Å²) >= 11 is 3.38. The average Bonchev–Trinajstić information content (AvgIpc) is 2.30. The van der Waals surface area contributed by atoms with Gasteiger partial charge in [0.2, 0.25) is 0 Å². The van der Waals surface area contributed by atoms with Gasteiger partial charge in [-0.05, 0) is 46.2 Å². The van der Waals surface area contributed by atoms with E-state index in [4.69, 9.17) is 5.73 Å². The van der Waals surface area contributed by atoms with Crippen molar-refractivity contribution >= 4 is 49.0 Å². The Bertz CT molecular complexity index is 399. The third-order valence-corrected chi connectivity index (χ3v) is 3.33. The fourth-order valence-corrected chi connectivity index (χ4v) is 2.38. The molecule has 4 heteroatoms. The molecule has 0 aliphatic rings. The second-order valence-corrected chi connectivity index (χ2v) is 4.73. The van der Waals surface area contributed by atoms with Crippen molar-refractivity contribution in [1.29, 1.82) is 0 Å². The Hall–Kier alpha value is -0.360. The molecule has 0 spiro atoms. The zero-order valence-electron chi connectivity index (χ0n) is 5.97. The summed E-state index contributed by atoms with van der Waals surface area (Å²) in [6.45, 7) is 0. The van der Waals surface area contributed by atoms with Crippen molar-refractivity contribution in [2.24, 2.45) is 0 Å². The first-order valence-electron chi connectivity index (χ1n) is 3.31. The molecule has 2 aromatic rings. The van der Waals surface area contributed by atoms with E-state index in [1.807, 2.05) is 28.7 Å². The third kappa shape index (κ3) is 1.29. The summed E-state index contributed by atoms with van der Waals surface area (Å²) in [7, 11) is 0. The maximum atomic E-state index is 13.0. The summed E-state index contributed by atoms with van der Waals surface area (Å²) in [5.74, 6) is -0.176. The van der Waals surface area contributed by atoms with Gasteiger partial charge in [-0.1, -0.05) is 0 Å². The first kappa shape index (κ1) is 8.25. The van der Waals surface area contributed by atoms with Gasteiger partial charge < -0.3 is 5.73 Å². The minimum atomic E-state index is -0.176. The van der Waals surface area contributed by atoms with E-state index < -0.39 is 0 Å². The molecule has 0 bridgehead atoms. The van der Waals surface area contributed by atoms with Gasteiger partial charge in [0, 0.05) is 8.27 Å². The molecule has 2 N–H and O–H groups in total. The summed E-state index contributed by atoms with van der Waals surface area (Å²) < 4.78 is 14.6. The van der Waals surface area contributed by atoms with Crippen LogP contribution in [0.25, 0.3) is 10.1 Å². The second kappa shape index (κ2) is 2.85. The zero-order valence-corrected chi connectivity index (χ0v) is 8.95. The normalized spacial score (nSPS) is 10.8. The van der Waals surface area contributed by atoms with Gasteiger partial charge in [0.15, 0.2) is 0 Å². The molecule has 0 unspecified atom stereocenters. The predicted octanol–water partition coefficient (Wildman–Crippen LogP) is 3.23. The fourth-order valence-electron chi connectivity index (χ4n) is 1.05. The molecular weight excluding hydrogens is 288 g/mol. The standard InChI is InChI=1S/C8H5FINS/c9-5-3-7-4(1-6(5)10)2-8(11)12-7/h1-3H,11H2. The van der Waals surface area contributed by atoms with E-state index >= 15 is 0 Å². The van der Waals surface area contributed by atoms with Gasteiger partial charge in [0.25, 0.3) is 0 Å². The van der Waals surface area contributed by atoms with E-state index in [9.17, 15) is 4.39 Å². The number of benzene rings is 1. The monoisotopic (exact) mass is 293 g/mol. The first-order valence-corrected chi connectivity index (χ1v) is 5.20. The number of rotatable bonds is 0. The van der Waals surface area contributed by atoms with E-state index in [-0.39, 0.29) is 5.82 Å². The van der Waals surface area contributed by atoms with E-state index in [1.54, 1.807) is 6.07 Å². The van der Waals surface area contributed by atoms with Crippen molar-refractivity contribution < 1.29 is 4.39 Å². The SMILES string of the molecule is Nc1cc2cc(I)c(F)cc2s1. The largest absolute Gasteiger partial charge is 0.391 e. The Morgan fingerprint density at radius 3 is 2.83 bits per heavy atom. The van der Waals surface area contributed by atoms with E-state index in [0.717, 1.165) is 15.1 Å². The van der Waals surface area contributed by atoms with Crippen LogP contribution < -0.4 is 5.73 Å². The Balaban J connectivity index is 2.83. The number of fused-ring (bicyclic) bond motifs is 1. The van der Waals surface area contributed by atoms with Crippen LogP contribution in [-0.4, -0.2) is 0 Å². The van der Waals surface area contributed by atoms with E-state index in [0.29, 0.717) is 3.57 Å². The minimum absolute atomic E-state index is 0.176. The lowest BCUT2D eigenvalue weighted by molar-refractivity contribution is 0.622. The van der Waals surface area contributed by atoms with Crippen LogP contribution in [0.3, 0.4) is 0 Å². The van der Waals surface area contributed by atoms with Gasteiger partial charge in [-0.2, -0.15) is 0 Å². The van der Waals surface area contributed by atoms with Gasteiger partial charge in [-0.15, -0.1) is 11.3 Å². The smallest absolute Gasteiger partial charge is 0.137 e. The molecule has 1 aromatic carbocycles. The maximum Gasteiger partial charge on any atom is 0.137 e. The number of halogens is 2. The number of nitrogen functional groups attached to an aromatic ring is 1. The van der Waals surface area contributed by atoms with Crippen LogP contribution >= 0.6 is 33.9 Å². The molecule has 0 atom stereocenters. The summed E-state index contributed by atoms with van der Waals surface area (Å²) in [6.07, 6.45) is 0. The molecule has 62 valence electrons. The molecule has 1 heterocycles. The minimum Gasteiger partial charge on any atom is -0.391 e. The van der Waals surface area contributed by atoms with Gasteiger partial charge in [-0.3, -0.25) is 0 Å². The molecule has 12 heavy (non-hydrogen) atoms. The topological polar surface area (TPSA) is 26.0 Å². The molecule has 0 amide bonds. The maximum absolute atomic E-state index is 13.0. The second-order valence-electron chi connectivity index (χ2n) is 2.45. The Kier molecular flexibility index (Phi) is 1.96. The highest BCUT2D eigenvalue weighted by molar-refractivity contribution is 14.1. The molecule has 0 saturated heterocycles. The lowest BCUT2D eigenvalue weighted by Crippen LogP contribution is -1.78. The van der Waals surface area contributed by atoms with Crippen molar-refractivity contribution in [3.8, 4) is 0 Å². The van der Waals surface area contributed by atoms with Crippen LogP contribution in [0, 0.1) is 9.39 Å². The van der Waals surface area contributed by atoms with Crippen LogP contribution in [0.2, 0.25) is 0 Å². The van der Waals surface area contributed by atoms with Gasteiger partial charge in [-0.25, -0.2) is 4.39 Å². The average molecular weight is 293 g/mol. The molecular formula is C8H5FINS. The van der Waals surface area contributed by atoms with Crippen molar-refractivity contribution in [3.63, 3.8) is 0 Å². The Morgan fingerprint density at radius 2 is 2.08 bits per heavy atom. The molecule has 0 aliphatic carbocycles. The quantitative estimate of drug-likeness (QED) is 0.741. The number of nitrogens with two attached hydrogens (primary N) is 1. The molecule has 0 saturated carbocycles. The summed E-state index contributed by atoms with van der Waals surface area (Å²) in [6, 6.07) is 5.19. The zero-order chi connectivity index (χ0) is 8.72. The summed E-state index contributed by atoms with van der Waals surface area (Å²) in [5.41, 5.74) is 5.58.